The van der Waals surface area contributed by atoms with Gasteiger partial charge in [-0.25, -0.2) is 0 Å². The number of anilines is 2. The van der Waals surface area contributed by atoms with E-state index < -0.39 is 0 Å². The molecule has 3 rings (SSSR count). The summed E-state index contributed by atoms with van der Waals surface area (Å²) in [5.74, 6) is 0. The van der Waals surface area contributed by atoms with Gasteiger partial charge in [-0.05, 0) is 42.3 Å². The van der Waals surface area contributed by atoms with Crippen LogP contribution in [0.5, 0.6) is 0 Å². The molecule has 1 radical (unpaired) electrons. The first-order valence-electron chi connectivity index (χ1n) is 7.11. The Labute approximate surface area is 126 Å². The summed E-state index contributed by atoms with van der Waals surface area (Å²) in [5.41, 5.74) is 4.70. The third kappa shape index (κ3) is 3.32. The number of para-hydroxylation sites is 1. The van der Waals surface area contributed by atoms with E-state index in [2.05, 4.69) is 84.6 Å². The van der Waals surface area contributed by atoms with Crippen LogP contribution in [0.15, 0.2) is 84.9 Å². The van der Waals surface area contributed by atoms with Gasteiger partial charge >= 0.3 is 0 Å². The van der Waals surface area contributed by atoms with Crippen molar-refractivity contribution in [2.45, 2.75) is 6.54 Å². The summed E-state index contributed by atoms with van der Waals surface area (Å²) in [6, 6.07) is 29.3. The zero-order valence-electron chi connectivity index (χ0n) is 11.9. The van der Waals surface area contributed by atoms with Crippen LogP contribution < -0.4 is 4.90 Å². The number of hydrogen-bond donors (Lipinski definition) is 0. The fourth-order valence-electron chi connectivity index (χ4n) is 2.38. The van der Waals surface area contributed by atoms with Crippen LogP contribution in [0.2, 0.25) is 0 Å². The van der Waals surface area contributed by atoms with Crippen molar-refractivity contribution in [3.63, 3.8) is 0 Å². The number of nitrogens with zero attached hydrogens (tertiary/aromatic N) is 1. The minimum Gasteiger partial charge on any atom is -0.337 e. The fraction of sp³-hybridized carbons (Fsp3) is 0.0500. The Bertz CT molecular complexity index is 672. The van der Waals surface area contributed by atoms with Crippen molar-refractivity contribution >= 4 is 11.4 Å². The maximum atomic E-state index is 3.96. The van der Waals surface area contributed by atoms with Crippen molar-refractivity contribution in [3.05, 3.63) is 103 Å². The largest absolute Gasteiger partial charge is 0.337 e. The third-order valence-corrected chi connectivity index (χ3v) is 3.50. The minimum atomic E-state index is 0.849. The van der Waals surface area contributed by atoms with Crippen molar-refractivity contribution in [2.75, 3.05) is 4.90 Å². The molecule has 21 heavy (non-hydrogen) atoms. The first-order valence-corrected chi connectivity index (χ1v) is 7.11. The molecule has 0 aliphatic heterocycles. The highest BCUT2D eigenvalue weighted by Crippen LogP contribution is 2.27. The first-order chi connectivity index (χ1) is 10.3. The van der Waals surface area contributed by atoms with Gasteiger partial charge in [-0.3, -0.25) is 0 Å². The summed E-state index contributed by atoms with van der Waals surface area (Å²) in [6.45, 7) is 4.81. The third-order valence-electron chi connectivity index (χ3n) is 3.50. The van der Waals surface area contributed by atoms with Gasteiger partial charge in [-0.1, -0.05) is 60.7 Å². The van der Waals surface area contributed by atoms with E-state index in [1.54, 1.807) is 0 Å². The first kappa shape index (κ1) is 13.4. The van der Waals surface area contributed by atoms with E-state index in [0.717, 1.165) is 12.1 Å². The van der Waals surface area contributed by atoms with Gasteiger partial charge in [0.05, 0.1) is 0 Å². The Hall–Kier alpha value is -2.54. The number of rotatable bonds is 4. The maximum Gasteiger partial charge on any atom is 0.0481 e. The molecule has 3 aromatic rings. The smallest absolute Gasteiger partial charge is 0.0481 e. The van der Waals surface area contributed by atoms with Gasteiger partial charge in [0, 0.05) is 17.9 Å². The van der Waals surface area contributed by atoms with E-state index in [1.807, 2.05) is 12.1 Å². The lowest BCUT2D eigenvalue weighted by molar-refractivity contribution is 0.975. The van der Waals surface area contributed by atoms with Gasteiger partial charge in [-0.15, -0.1) is 0 Å². The van der Waals surface area contributed by atoms with Crippen molar-refractivity contribution < 1.29 is 0 Å². The van der Waals surface area contributed by atoms with E-state index in [-0.39, 0.29) is 0 Å². The molecule has 0 heterocycles. The van der Waals surface area contributed by atoms with E-state index in [4.69, 9.17) is 0 Å². The topological polar surface area (TPSA) is 3.24 Å². The molecule has 0 fully saturated rings. The Kier molecular flexibility index (Phi) is 4.02. The summed E-state index contributed by atoms with van der Waals surface area (Å²) < 4.78 is 0. The van der Waals surface area contributed by atoms with Crippen LogP contribution in [0.1, 0.15) is 11.1 Å². The molecule has 0 amide bonds. The van der Waals surface area contributed by atoms with Crippen LogP contribution in [-0.2, 0) is 6.54 Å². The second-order valence-corrected chi connectivity index (χ2v) is 5.07. The summed E-state index contributed by atoms with van der Waals surface area (Å²) in [4.78, 5) is 2.31. The summed E-state index contributed by atoms with van der Waals surface area (Å²) in [7, 11) is 0. The van der Waals surface area contributed by atoms with Crippen LogP contribution in [0.3, 0.4) is 0 Å². The molecular formula is C20H18N. The van der Waals surface area contributed by atoms with Gasteiger partial charge in [0.2, 0.25) is 0 Å². The molecule has 0 N–H and O–H groups in total. The average molecular weight is 272 g/mol. The quantitative estimate of drug-likeness (QED) is 0.630. The highest BCUT2D eigenvalue weighted by molar-refractivity contribution is 5.63. The van der Waals surface area contributed by atoms with Gasteiger partial charge < -0.3 is 4.90 Å². The molecular weight excluding hydrogens is 254 g/mol. The molecule has 0 aromatic heterocycles. The van der Waals surface area contributed by atoms with Gasteiger partial charge in [-0.2, -0.15) is 0 Å². The van der Waals surface area contributed by atoms with E-state index in [9.17, 15) is 0 Å². The molecule has 103 valence electrons. The van der Waals surface area contributed by atoms with Crippen molar-refractivity contribution in [1.29, 1.82) is 0 Å². The highest BCUT2D eigenvalue weighted by atomic mass is 15.1. The molecule has 0 spiro atoms. The Balaban J connectivity index is 1.97. The molecule has 0 saturated heterocycles. The zero-order chi connectivity index (χ0) is 14.5. The molecule has 0 aliphatic carbocycles. The van der Waals surface area contributed by atoms with Gasteiger partial charge in [0.1, 0.15) is 0 Å². The standard InChI is InChI=1S/C20H18N/c1-17-12-14-20(15-13-17)21(19-10-6-3-7-11-19)16-18-8-4-2-5-9-18/h2-15H,1,16H2. The molecule has 0 bridgehead atoms. The van der Waals surface area contributed by atoms with Crippen LogP contribution >= 0.6 is 0 Å². The second kappa shape index (κ2) is 6.27. The Morgan fingerprint density at radius 3 is 1.76 bits per heavy atom. The molecule has 0 saturated carbocycles. The van der Waals surface area contributed by atoms with Crippen molar-refractivity contribution in [3.8, 4) is 0 Å². The van der Waals surface area contributed by atoms with Crippen LogP contribution in [0, 0.1) is 6.92 Å². The highest BCUT2D eigenvalue weighted by Gasteiger charge is 2.09. The Morgan fingerprint density at radius 2 is 1.14 bits per heavy atom. The lowest BCUT2D eigenvalue weighted by Crippen LogP contribution is -2.16. The lowest BCUT2D eigenvalue weighted by atomic mass is 10.1. The normalized spacial score (nSPS) is 10.3. The van der Waals surface area contributed by atoms with Gasteiger partial charge in [0.25, 0.3) is 0 Å². The van der Waals surface area contributed by atoms with Crippen LogP contribution in [-0.4, -0.2) is 0 Å². The number of benzene rings is 3. The van der Waals surface area contributed by atoms with Crippen molar-refractivity contribution in [1.82, 2.24) is 0 Å². The predicted molar refractivity (Wildman–Crippen MR) is 89.6 cm³/mol. The zero-order valence-corrected chi connectivity index (χ0v) is 11.9. The Morgan fingerprint density at radius 1 is 0.619 bits per heavy atom. The molecule has 1 nitrogen and oxygen atoms in total. The van der Waals surface area contributed by atoms with Gasteiger partial charge in [0.15, 0.2) is 0 Å². The van der Waals surface area contributed by atoms with Crippen LogP contribution in [0.25, 0.3) is 0 Å². The monoisotopic (exact) mass is 272 g/mol. The SMILES string of the molecule is [CH2]c1ccc(N(Cc2ccccc2)c2ccccc2)cc1. The van der Waals surface area contributed by atoms with E-state index in [0.29, 0.717) is 0 Å². The molecule has 0 unspecified atom stereocenters. The number of hydrogen-bond acceptors (Lipinski definition) is 1. The summed E-state index contributed by atoms with van der Waals surface area (Å²) >= 11 is 0. The summed E-state index contributed by atoms with van der Waals surface area (Å²) in [6.07, 6.45) is 0. The minimum absolute atomic E-state index is 0.849. The molecule has 3 aromatic carbocycles. The molecule has 0 aliphatic rings. The average Bonchev–Trinajstić information content (AvgIpc) is 2.55. The van der Waals surface area contributed by atoms with E-state index >= 15 is 0 Å². The molecule has 0 atom stereocenters. The van der Waals surface area contributed by atoms with Crippen LogP contribution in [0.4, 0.5) is 11.4 Å². The second-order valence-electron chi connectivity index (χ2n) is 5.07. The summed E-state index contributed by atoms with van der Waals surface area (Å²) in [5, 5.41) is 0. The lowest BCUT2D eigenvalue weighted by Gasteiger charge is -2.25. The molecule has 1 heteroatoms. The van der Waals surface area contributed by atoms with Crippen molar-refractivity contribution in [2.24, 2.45) is 0 Å². The fourth-order valence-corrected chi connectivity index (χ4v) is 2.38. The van der Waals surface area contributed by atoms with E-state index in [1.165, 1.54) is 16.9 Å². The maximum absolute atomic E-state index is 3.96. The predicted octanol–water partition coefficient (Wildman–Crippen LogP) is 5.21.